The van der Waals surface area contributed by atoms with Crippen LogP contribution in [0.25, 0.3) is 0 Å². The number of thiocarbonyl (C=S) groups is 1. The first-order valence-electron chi connectivity index (χ1n) is 8.94. The third-order valence-corrected chi connectivity index (χ3v) is 5.52. The molecule has 1 aliphatic rings. The van der Waals surface area contributed by atoms with Crippen LogP contribution in [0, 0.1) is 18.3 Å². The van der Waals surface area contributed by atoms with Crippen LogP contribution < -0.4 is 15.0 Å². The Morgan fingerprint density at radius 1 is 1.24 bits per heavy atom. The van der Waals surface area contributed by atoms with Gasteiger partial charge in [0.25, 0.3) is 0 Å². The van der Waals surface area contributed by atoms with Crippen molar-refractivity contribution in [1.82, 2.24) is 9.88 Å². The number of methoxy groups -OCH3 is 2. The SMILES string of the molecule is COC(=O)C1=C(C)N(c2ccc(OC)cc2)C(=S)N[C@@H]1c1cc(C#N)n(C)c1C. The lowest BCUT2D eigenvalue weighted by atomic mass is 9.94. The van der Waals surface area contributed by atoms with E-state index >= 15 is 0 Å². The Bertz CT molecular complexity index is 1050. The first-order chi connectivity index (χ1) is 13.8. The van der Waals surface area contributed by atoms with Gasteiger partial charge in [-0.1, -0.05) is 0 Å². The molecule has 8 heteroatoms. The lowest BCUT2D eigenvalue weighted by Gasteiger charge is -2.37. The summed E-state index contributed by atoms with van der Waals surface area (Å²) in [6, 6.07) is 10.8. The van der Waals surface area contributed by atoms with Gasteiger partial charge in [-0.25, -0.2) is 4.79 Å². The molecule has 0 spiro atoms. The molecular formula is C21H22N4O3S. The van der Waals surface area contributed by atoms with Crippen LogP contribution in [0.15, 0.2) is 41.6 Å². The number of allylic oxidation sites excluding steroid dienone is 1. The van der Waals surface area contributed by atoms with Crippen LogP contribution in [0.5, 0.6) is 5.75 Å². The van der Waals surface area contributed by atoms with Gasteiger partial charge in [-0.15, -0.1) is 0 Å². The fourth-order valence-corrected chi connectivity index (χ4v) is 3.88. The van der Waals surface area contributed by atoms with Gasteiger partial charge in [0.2, 0.25) is 0 Å². The molecule has 1 aliphatic heterocycles. The predicted octanol–water partition coefficient (Wildman–Crippen LogP) is 3.10. The highest BCUT2D eigenvalue weighted by Crippen LogP contribution is 2.36. The van der Waals surface area contributed by atoms with Gasteiger partial charge in [0.05, 0.1) is 25.8 Å². The van der Waals surface area contributed by atoms with Crippen molar-refractivity contribution >= 4 is 29.0 Å². The Labute approximate surface area is 175 Å². The molecule has 0 bridgehead atoms. The summed E-state index contributed by atoms with van der Waals surface area (Å²) >= 11 is 5.64. The van der Waals surface area contributed by atoms with Crippen LogP contribution in [0.2, 0.25) is 0 Å². The number of esters is 1. The van der Waals surface area contributed by atoms with Gasteiger partial charge in [0.1, 0.15) is 17.5 Å². The molecule has 150 valence electrons. The number of carbonyl (C=O) groups excluding carboxylic acids is 1. The van der Waals surface area contributed by atoms with E-state index in [1.807, 2.05) is 45.2 Å². The summed E-state index contributed by atoms with van der Waals surface area (Å²) in [6.07, 6.45) is 0. The van der Waals surface area contributed by atoms with Gasteiger partial charge in [-0.05, 0) is 56.4 Å². The minimum Gasteiger partial charge on any atom is -0.497 e. The van der Waals surface area contributed by atoms with Crippen molar-refractivity contribution in [1.29, 1.82) is 5.26 Å². The summed E-state index contributed by atoms with van der Waals surface area (Å²) in [6.45, 7) is 3.74. The van der Waals surface area contributed by atoms with Crippen LogP contribution in [0.1, 0.15) is 29.9 Å². The fourth-order valence-electron chi connectivity index (χ4n) is 3.52. The highest BCUT2D eigenvalue weighted by Gasteiger charge is 2.36. The van der Waals surface area contributed by atoms with E-state index in [2.05, 4.69) is 11.4 Å². The Morgan fingerprint density at radius 3 is 2.41 bits per heavy atom. The van der Waals surface area contributed by atoms with Crippen molar-refractivity contribution < 1.29 is 14.3 Å². The molecule has 1 aromatic carbocycles. The van der Waals surface area contributed by atoms with Crippen molar-refractivity contribution in [3.05, 3.63) is 58.6 Å². The Hall–Kier alpha value is -3.31. The van der Waals surface area contributed by atoms with E-state index < -0.39 is 12.0 Å². The minimum absolute atomic E-state index is 0.440. The largest absolute Gasteiger partial charge is 0.497 e. The molecule has 3 rings (SSSR count). The Balaban J connectivity index is 2.16. The average Bonchev–Trinajstić information content (AvgIpc) is 3.01. The molecule has 0 fully saturated rings. The van der Waals surface area contributed by atoms with Crippen molar-refractivity contribution in [3.63, 3.8) is 0 Å². The zero-order valence-electron chi connectivity index (χ0n) is 16.9. The Morgan fingerprint density at radius 2 is 1.90 bits per heavy atom. The fraction of sp³-hybridized carbons (Fsp3) is 0.286. The number of rotatable bonds is 4. The maximum absolute atomic E-state index is 12.7. The molecule has 1 N–H and O–H groups in total. The number of aromatic nitrogens is 1. The highest BCUT2D eigenvalue weighted by molar-refractivity contribution is 7.80. The highest BCUT2D eigenvalue weighted by atomic mass is 32.1. The van der Waals surface area contributed by atoms with Gasteiger partial charge in [-0.2, -0.15) is 5.26 Å². The molecule has 0 unspecified atom stereocenters. The van der Waals surface area contributed by atoms with Crippen LogP contribution in [-0.2, 0) is 16.6 Å². The number of ether oxygens (including phenoxy) is 2. The van der Waals surface area contributed by atoms with Gasteiger partial charge < -0.3 is 19.4 Å². The topological polar surface area (TPSA) is 79.5 Å². The lowest BCUT2D eigenvalue weighted by Crippen LogP contribution is -2.48. The number of carbonyl (C=O) groups is 1. The smallest absolute Gasteiger partial charge is 0.337 e. The lowest BCUT2D eigenvalue weighted by molar-refractivity contribution is -0.136. The normalized spacial score (nSPS) is 16.3. The summed E-state index contributed by atoms with van der Waals surface area (Å²) in [5.41, 5.74) is 4.08. The summed E-state index contributed by atoms with van der Waals surface area (Å²) in [4.78, 5) is 14.5. The molecule has 2 aromatic rings. The molecule has 29 heavy (non-hydrogen) atoms. The minimum atomic E-state index is -0.516. The van der Waals surface area contributed by atoms with E-state index in [1.165, 1.54) is 7.11 Å². The van der Waals surface area contributed by atoms with E-state index in [1.54, 1.807) is 22.6 Å². The molecule has 7 nitrogen and oxygen atoms in total. The molecule has 2 heterocycles. The van der Waals surface area contributed by atoms with E-state index in [0.29, 0.717) is 22.1 Å². The van der Waals surface area contributed by atoms with Crippen molar-refractivity contribution in [2.45, 2.75) is 19.9 Å². The van der Waals surface area contributed by atoms with Crippen LogP contribution in [0.4, 0.5) is 5.69 Å². The van der Waals surface area contributed by atoms with Gasteiger partial charge in [-0.3, -0.25) is 4.90 Å². The molecule has 0 radical (unpaired) electrons. The first-order valence-corrected chi connectivity index (χ1v) is 9.34. The third kappa shape index (κ3) is 3.45. The molecule has 0 amide bonds. The number of hydrogen-bond acceptors (Lipinski definition) is 5. The second-order valence-corrected chi connectivity index (χ2v) is 7.03. The summed E-state index contributed by atoms with van der Waals surface area (Å²) in [7, 11) is 4.77. The summed E-state index contributed by atoms with van der Waals surface area (Å²) < 4.78 is 12.1. The van der Waals surface area contributed by atoms with Crippen molar-refractivity contribution in [2.75, 3.05) is 19.1 Å². The molecule has 0 saturated heterocycles. The van der Waals surface area contributed by atoms with Gasteiger partial charge >= 0.3 is 5.97 Å². The Kier molecular flexibility index (Phi) is 5.62. The van der Waals surface area contributed by atoms with E-state index in [0.717, 1.165) is 22.7 Å². The first kappa shape index (κ1) is 20.4. The monoisotopic (exact) mass is 410 g/mol. The number of anilines is 1. The van der Waals surface area contributed by atoms with Gasteiger partial charge in [0.15, 0.2) is 5.11 Å². The zero-order valence-corrected chi connectivity index (χ0v) is 17.8. The zero-order chi connectivity index (χ0) is 21.3. The number of nitriles is 1. The predicted molar refractivity (Wildman–Crippen MR) is 114 cm³/mol. The standard InChI is InChI=1S/C21H22N4O3S/c1-12-17(10-15(11-22)24(12)3)19-18(20(26)28-5)13(2)25(21(29)23-19)14-6-8-16(27-4)9-7-14/h6-10,19H,1-5H3,(H,23,29)/t19-/m1/s1. The van der Waals surface area contributed by atoms with Crippen LogP contribution in [-0.4, -0.2) is 29.9 Å². The second kappa shape index (κ2) is 7.97. The molecule has 1 atom stereocenters. The quantitative estimate of drug-likeness (QED) is 0.613. The third-order valence-electron chi connectivity index (χ3n) is 5.22. The van der Waals surface area contributed by atoms with Crippen LogP contribution in [0.3, 0.4) is 0 Å². The molecule has 0 aliphatic carbocycles. The van der Waals surface area contributed by atoms with Crippen LogP contribution >= 0.6 is 12.2 Å². The van der Waals surface area contributed by atoms with Gasteiger partial charge in [0, 0.05) is 29.7 Å². The summed E-state index contributed by atoms with van der Waals surface area (Å²) in [5.74, 6) is 0.268. The average molecular weight is 410 g/mol. The molecular weight excluding hydrogens is 388 g/mol. The number of nitrogens with zero attached hydrogens (tertiary/aromatic N) is 3. The summed E-state index contributed by atoms with van der Waals surface area (Å²) in [5, 5.41) is 13.1. The maximum Gasteiger partial charge on any atom is 0.337 e. The van der Waals surface area contributed by atoms with E-state index in [4.69, 9.17) is 21.7 Å². The van der Waals surface area contributed by atoms with E-state index in [-0.39, 0.29) is 0 Å². The number of hydrogen-bond donors (Lipinski definition) is 1. The number of benzene rings is 1. The molecule has 1 aromatic heterocycles. The van der Waals surface area contributed by atoms with Crippen molar-refractivity contribution in [2.24, 2.45) is 7.05 Å². The number of nitrogens with one attached hydrogen (secondary N) is 1. The van der Waals surface area contributed by atoms with Crippen molar-refractivity contribution in [3.8, 4) is 11.8 Å². The molecule has 0 saturated carbocycles. The maximum atomic E-state index is 12.7. The van der Waals surface area contributed by atoms with E-state index in [9.17, 15) is 10.1 Å². The second-order valence-electron chi connectivity index (χ2n) is 6.65.